The lowest BCUT2D eigenvalue weighted by atomic mass is 10.2. The third-order valence-corrected chi connectivity index (χ3v) is 2.83. The lowest BCUT2D eigenvalue weighted by molar-refractivity contribution is 0.112. The van der Waals surface area contributed by atoms with Gasteiger partial charge in [-0.3, -0.25) is 4.79 Å². The molecule has 0 fully saturated rings. The van der Waals surface area contributed by atoms with Gasteiger partial charge in [0.1, 0.15) is 5.52 Å². The van der Waals surface area contributed by atoms with Crippen molar-refractivity contribution in [1.82, 2.24) is 4.98 Å². The van der Waals surface area contributed by atoms with Crippen LogP contribution in [-0.2, 0) is 0 Å². The van der Waals surface area contributed by atoms with Gasteiger partial charge < -0.3 is 4.42 Å². The number of rotatable bonds is 2. The summed E-state index contributed by atoms with van der Waals surface area (Å²) in [4.78, 5) is 15.1. The van der Waals surface area contributed by atoms with Gasteiger partial charge in [0.15, 0.2) is 17.8 Å². The number of aldehydes is 1. The van der Waals surface area contributed by atoms with Crippen LogP contribution in [0, 0.1) is 0 Å². The van der Waals surface area contributed by atoms with Gasteiger partial charge in [-0.05, 0) is 28.1 Å². The van der Waals surface area contributed by atoms with Crippen molar-refractivity contribution in [3.8, 4) is 0 Å². The summed E-state index contributed by atoms with van der Waals surface area (Å²) in [5.74, 6) is 0.941. The average Bonchev–Trinajstić information content (AvgIpc) is 2.59. The largest absolute Gasteiger partial charge is 0.440 e. The monoisotopic (exact) mass is 267 g/mol. The van der Waals surface area contributed by atoms with Crippen LogP contribution in [0.15, 0.2) is 21.0 Å². The molecule has 2 rings (SSSR count). The Morgan fingerprint density at radius 1 is 1.47 bits per heavy atom. The first-order chi connectivity index (χ1) is 7.11. The molecule has 0 amide bonds. The van der Waals surface area contributed by atoms with Crippen molar-refractivity contribution < 1.29 is 9.21 Å². The molecular weight excluding hydrogens is 258 g/mol. The fourth-order valence-electron chi connectivity index (χ4n) is 1.32. The fourth-order valence-corrected chi connectivity index (χ4v) is 1.74. The van der Waals surface area contributed by atoms with Gasteiger partial charge in [0.25, 0.3) is 0 Å². The maximum Gasteiger partial charge on any atom is 0.198 e. The number of benzene rings is 1. The highest BCUT2D eigenvalue weighted by Crippen LogP contribution is 2.26. The van der Waals surface area contributed by atoms with Crippen LogP contribution in [0.4, 0.5) is 0 Å². The van der Waals surface area contributed by atoms with Gasteiger partial charge in [-0.1, -0.05) is 13.8 Å². The number of carbonyl (C=O) groups is 1. The van der Waals surface area contributed by atoms with Crippen LogP contribution in [-0.4, -0.2) is 11.3 Å². The van der Waals surface area contributed by atoms with Crippen molar-refractivity contribution in [3.05, 3.63) is 28.1 Å². The van der Waals surface area contributed by atoms with E-state index in [1.807, 2.05) is 13.8 Å². The minimum absolute atomic E-state index is 0.246. The summed E-state index contributed by atoms with van der Waals surface area (Å²) < 4.78 is 6.28. The molecule has 4 heteroatoms. The smallest absolute Gasteiger partial charge is 0.198 e. The molecule has 1 aromatic heterocycles. The molecule has 0 spiro atoms. The summed E-state index contributed by atoms with van der Waals surface area (Å²) in [5.41, 5.74) is 2.01. The Morgan fingerprint density at radius 2 is 2.20 bits per heavy atom. The molecule has 1 aromatic carbocycles. The quantitative estimate of drug-likeness (QED) is 0.782. The topological polar surface area (TPSA) is 43.1 Å². The third kappa shape index (κ3) is 1.81. The van der Waals surface area contributed by atoms with Crippen LogP contribution in [0.1, 0.15) is 36.0 Å². The third-order valence-electron chi connectivity index (χ3n) is 2.14. The van der Waals surface area contributed by atoms with Crippen LogP contribution < -0.4 is 0 Å². The zero-order valence-electron chi connectivity index (χ0n) is 8.45. The molecule has 0 atom stereocenters. The average molecular weight is 268 g/mol. The first-order valence-electron chi connectivity index (χ1n) is 4.67. The number of nitrogens with zero attached hydrogens (tertiary/aromatic N) is 1. The normalized spacial score (nSPS) is 11.2. The predicted molar refractivity (Wildman–Crippen MR) is 61.2 cm³/mol. The van der Waals surface area contributed by atoms with E-state index in [1.54, 1.807) is 12.1 Å². The first kappa shape index (κ1) is 10.4. The number of aromatic nitrogens is 1. The standard InChI is InChI=1S/C11H10BrNO2/c1-6(2)11-13-9-4-8(12)7(5-14)3-10(9)15-11/h3-6H,1-2H3. The molecule has 0 saturated heterocycles. The Bertz CT molecular complexity index is 517. The molecule has 2 aromatic rings. The van der Waals surface area contributed by atoms with E-state index in [4.69, 9.17) is 4.42 Å². The minimum atomic E-state index is 0.246. The Balaban J connectivity index is 2.66. The van der Waals surface area contributed by atoms with Crippen LogP contribution in [0.25, 0.3) is 11.1 Å². The second kappa shape index (κ2) is 3.77. The molecule has 3 nitrogen and oxygen atoms in total. The number of hydrogen-bond acceptors (Lipinski definition) is 3. The van der Waals surface area contributed by atoms with Crippen molar-refractivity contribution >= 4 is 33.3 Å². The SMILES string of the molecule is CC(C)c1nc2cc(Br)c(C=O)cc2o1. The minimum Gasteiger partial charge on any atom is -0.440 e. The summed E-state index contributed by atoms with van der Waals surface area (Å²) in [5, 5.41) is 0. The molecule has 1 heterocycles. The summed E-state index contributed by atoms with van der Waals surface area (Å²) >= 11 is 3.31. The molecule has 78 valence electrons. The number of hydrogen-bond donors (Lipinski definition) is 0. The van der Waals surface area contributed by atoms with Crippen LogP contribution in [0.5, 0.6) is 0 Å². The fraction of sp³-hybridized carbons (Fsp3) is 0.273. The van der Waals surface area contributed by atoms with Crippen LogP contribution in [0.3, 0.4) is 0 Å². The van der Waals surface area contributed by atoms with Crippen molar-refractivity contribution in [2.75, 3.05) is 0 Å². The highest BCUT2D eigenvalue weighted by molar-refractivity contribution is 9.10. The second-order valence-electron chi connectivity index (χ2n) is 3.67. The van der Waals surface area contributed by atoms with E-state index < -0.39 is 0 Å². The van der Waals surface area contributed by atoms with E-state index >= 15 is 0 Å². The molecule has 0 N–H and O–H groups in total. The van der Waals surface area contributed by atoms with Crippen molar-refractivity contribution in [3.63, 3.8) is 0 Å². The summed E-state index contributed by atoms with van der Waals surface area (Å²) in [7, 11) is 0. The zero-order valence-corrected chi connectivity index (χ0v) is 10.0. The van der Waals surface area contributed by atoms with E-state index in [1.165, 1.54) is 0 Å². The molecule has 15 heavy (non-hydrogen) atoms. The molecule has 0 aliphatic carbocycles. The van der Waals surface area contributed by atoms with Crippen LogP contribution >= 0.6 is 15.9 Å². The molecule has 0 bridgehead atoms. The maximum atomic E-state index is 10.7. The van der Waals surface area contributed by atoms with Gasteiger partial charge in [0.2, 0.25) is 0 Å². The number of fused-ring (bicyclic) bond motifs is 1. The van der Waals surface area contributed by atoms with Gasteiger partial charge in [0, 0.05) is 16.0 Å². The molecule has 0 aliphatic heterocycles. The summed E-state index contributed by atoms with van der Waals surface area (Å²) in [6.45, 7) is 4.03. The van der Waals surface area contributed by atoms with Crippen LogP contribution in [0.2, 0.25) is 0 Å². The van der Waals surface area contributed by atoms with E-state index in [-0.39, 0.29) is 5.92 Å². The van der Waals surface area contributed by atoms with Gasteiger partial charge in [0.05, 0.1) is 0 Å². The van der Waals surface area contributed by atoms with Gasteiger partial charge in [-0.25, -0.2) is 4.98 Å². The van der Waals surface area contributed by atoms with E-state index in [0.717, 1.165) is 16.3 Å². The molecular formula is C11H10BrNO2. The van der Waals surface area contributed by atoms with Gasteiger partial charge >= 0.3 is 0 Å². The Hall–Kier alpha value is -1.16. The lowest BCUT2D eigenvalue weighted by Gasteiger charge is -1.94. The second-order valence-corrected chi connectivity index (χ2v) is 4.52. The number of carbonyl (C=O) groups excluding carboxylic acids is 1. The molecule has 0 unspecified atom stereocenters. The number of halogens is 1. The predicted octanol–water partition coefficient (Wildman–Crippen LogP) is 3.53. The summed E-state index contributed by atoms with van der Waals surface area (Å²) in [6.07, 6.45) is 0.793. The van der Waals surface area contributed by atoms with Crippen molar-refractivity contribution in [1.29, 1.82) is 0 Å². The molecule has 0 aliphatic rings. The van der Waals surface area contributed by atoms with E-state index in [0.29, 0.717) is 17.0 Å². The maximum absolute atomic E-state index is 10.7. The van der Waals surface area contributed by atoms with Crippen molar-refractivity contribution in [2.45, 2.75) is 19.8 Å². The highest BCUT2D eigenvalue weighted by atomic mass is 79.9. The molecule has 0 radical (unpaired) electrons. The Kier molecular flexibility index (Phi) is 2.61. The van der Waals surface area contributed by atoms with Crippen molar-refractivity contribution in [2.24, 2.45) is 0 Å². The van der Waals surface area contributed by atoms with E-state index in [9.17, 15) is 4.79 Å². The Labute approximate surface area is 95.6 Å². The lowest BCUT2D eigenvalue weighted by Crippen LogP contribution is -1.84. The summed E-state index contributed by atoms with van der Waals surface area (Å²) in [6, 6.07) is 3.50. The first-order valence-corrected chi connectivity index (χ1v) is 5.46. The van der Waals surface area contributed by atoms with Gasteiger partial charge in [-0.15, -0.1) is 0 Å². The Morgan fingerprint density at radius 3 is 2.80 bits per heavy atom. The van der Waals surface area contributed by atoms with Gasteiger partial charge in [-0.2, -0.15) is 0 Å². The molecule has 0 saturated carbocycles. The zero-order chi connectivity index (χ0) is 11.0. The van der Waals surface area contributed by atoms with E-state index in [2.05, 4.69) is 20.9 Å². The highest BCUT2D eigenvalue weighted by Gasteiger charge is 2.11. The number of oxazole rings is 1.